The number of benzene rings is 1. The zero-order chi connectivity index (χ0) is 15.1. The molecule has 0 amide bonds. The molecule has 0 aromatic heterocycles. The molecule has 1 aromatic carbocycles. The molecule has 1 saturated heterocycles. The summed E-state index contributed by atoms with van der Waals surface area (Å²) in [6, 6.07) is 9.73. The highest BCUT2D eigenvalue weighted by Gasteiger charge is 2.24. The summed E-state index contributed by atoms with van der Waals surface area (Å²) in [7, 11) is -3.21. The summed E-state index contributed by atoms with van der Waals surface area (Å²) in [6.07, 6.45) is 3.50. The smallest absolute Gasteiger partial charge is 0.212 e. The van der Waals surface area contributed by atoms with Gasteiger partial charge in [0, 0.05) is 19.3 Å². The highest BCUT2D eigenvalue weighted by Crippen LogP contribution is 2.28. The molecule has 0 aliphatic carbocycles. The summed E-state index contributed by atoms with van der Waals surface area (Å²) in [5.41, 5.74) is 1.05. The van der Waals surface area contributed by atoms with Crippen LogP contribution in [0.2, 0.25) is 0 Å². The third-order valence-electron chi connectivity index (χ3n) is 3.91. The molecule has 0 bridgehead atoms. The first-order chi connectivity index (χ1) is 10.1. The van der Waals surface area contributed by atoms with Gasteiger partial charge in [0.1, 0.15) is 0 Å². The zero-order valence-corrected chi connectivity index (χ0v) is 13.4. The van der Waals surface area contributed by atoms with Gasteiger partial charge in [0.25, 0.3) is 0 Å². The molecule has 0 radical (unpaired) electrons. The summed E-state index contributed by atoms with van der Waals surface area (Å²) in [5.74, 6) is 0.706. The van der Waals surface area contributed by atoms with Gasteiger partial charge in [-0.2, -0.15) is 0 Å². The van der Waals surface area contributed by atoms with Gasteiger partial charge < -0.3 is 4.74 Å². The molecule has 1 aromatic rings. The number of ether oxygens (including phenoxy) is 1. The van der Waals surface area contributed by atoms with E-state index in [-0.39, 0.29) is 11.8 Å². The van der Waals surface area contributed by atoms with Crippen LogP contribution in [0.25, 0.3) is 0 Å². The molecule has 2 rings (SSSR count). The third kappa shape index (κ3) is 5.41. The second-order valence-corrected chi connectivity index (χ2v) is 7.56. The van der Waals surface area contributed by atoms with E-state index < -0.39 is 10.0 Å². The first-order valence-electron chi connectivity index (χ1n) is 7.73. The van der Waals surface area contributed by atoms with Crippen molar-refractivity contribution < 1.29 is 13.2 Å². The van der Waals surface area contributed by atoms with Crippen LogP contribution in [0, 0.1) is 5.92 Å². The first-order valence-corrected chi connectivity index (χ1v) is 9.38. The molecule has 5 heteroatoms. The van der Waals surface area contributed by atoms with Crippen LogP contribution < -0.4 is 4.72 Å². The predicted molar refractivity (Wildman–Crippen MR) is 84.6 cm³/mol. The van der Waals surface area contributed by atoms with Gasteiger partial charge in [-0.15, -0.1) is 0 Å². The van der Waals surface area contributed by atoms with Crippen molar-refractivity contribution in [3.63, 3.8) is 0 Å². The Labute approximate surface area is 127 Å². The van der Waals surface area contributed by atoms with Gasteiger partial charge in [0.05, 0.1) is 5.75 Å². The molecule has 1 fully saturated rings. The lowest BCUT2D eigenvalue weighted by molar-refractivity contribution is 0.0613. The van der Waals surface area contributed by atoms with Crippen molar-refractivity contribution >= 4 is 10.0 Å². The summed E-state index contributed by atoms with van der Waals surface area (Å²) < 4.78 is 32.5. The molecule has 1 aliphatic rings. The average molecular weight is 311 g/mol. The normalized spacial score (nSPS) is 18.5. The second-order valence-electron chi connectivity index (χ2n) is 5.69. The fourth-order valence-electron chi connectivity index (χ4n) is 2.80. The lowest BCUT2D eigenvalue weighted by atomic mass is 9.90. The topological polar surface area (TPSA) is 55.4 Å². The number of hydrogen-bond donors (Lipinski definition) is 1. The molecule has 0 saturated carbocycles. The van der Waals surface area contributed by atoms with Gasteiger partial charge in [-0.3, -0.25) is 0 Å². The van der Waals surface area contributed by atoms with E-state index in [1.165, 1.54) is 0 Å². The fourth-order valence-corrected chi connectivity index (χ4v) is 4.12. The van der Waals surface area contributed by atoms with E-state index in [2.05, 4.69) is 4.72 Å². The maximum atomic E-state index is 12.1. The van der Waals surface area contributed by atoms with Crippen LogP contribution in [0.15, 0.2) is 30.3 Å². The Bertz CT molecular complexity index is 510. The Kier molecular flexibility index (Phi) is 6.21. The quantitative estimate of drug-likeness (QED) is 0.842. The Hall–Kier alpha value is -0.910. The van der Waals surface area contributed by atoms with Gasteiger partial charge in [0.2, 0.25) is 10.0 Å². The van der Waals surface area contributed by atoms with Crippen molar-refractivity contribution in [1.82, 2.24) is 4.72 Å². The van der Waals surface area contributed by atoms with Crippen LogP contribution in [-0.2, 0) is 14.8 Å². The summed E-state index contributed by atoms with van der Waals surface area (Å²) in [6.45, 7) is 3.46. The second kappa shape index (κ2) is 7.92. The fraction of sp³-hybridized carbons (Fsp3) is 0.625. The van der Waals surface area contributed by atoms with Crippen molar-refractivity contribution in [2.45, 2.75) is 38.6 Å². The Morgan fingerprint density at radius 2 is 1.90 bits per heavy atom. The molecular formula is C16H25NO3S. The number of nitrogens with one attached hydrogen (secondary N) is 1. The minimum absolute atomic E-state index is 0.133. The van der Waals surface area contributed by atoms with Gasteiger partial charge in [-0.05, 0) is 37.2 Å². The molecule has 1 heterocycles. The highest BCUT2D eigenvalue weighted by atomic mass is 32.2. The van der Waals surface area contributed by atoms with Crippen LogP contribution in [0.4, 0.5) is 0 Å². The van der Waals surface area contributed by atoms with Crippen LogP contribution >= 0.6 is 0 Å². The zero-order valence-electron chi connectivity index (χ0n) is 12.6. The van der Waals surface area contributed by atoms with Gasteiger partial charge in [-0.1, -0.05) is 37.3 Å². The minimum Gasteiger partial charge on any atom is -0.381 e. The van der Waals surface area contributed by atoms with Crippen LogP contribution in [0.1, 0.15) is 44.2 Å². The molecule has 0 unspecified atom stereocenters. The first kappa shape index (κ1) is 16.5. The molecule has 4 nitrogen and oxygen atoms in total. The monoisotopic (exact) mass is 311 g/mol. The van der Waals surface area contributed by atoms with Crippen molar-refractivity contribution in [3.05, 3.63) is 35.9 Å². The van der Waals surface area contributed by atoms with Crippen LogP contribution in [0.3, 0.4) is 0 Å². The third-order valence-corrected chi connectivity index (χ3v) is 5.50. The minimum atomic E-state index is -3.21. The Morgan fingerprint density at radius 3 is 2.52 bits per heavy atom. The van der Waals surface area contributed by atoms with E-state index in [1.54, 1.807) is 0 Å². The summed E-state index contributed by atoms with van der Waals surface area (Å²) in [4.78, 5) is 0. The number of hydrogen-bond acceptors (Lipinski definition) is 3. The van der Waals surface area contributed by atoms with Gasteiger partial charge in [-0.25, -0.2) is 13.1 Å². The molecule has 0 spiro atoms. The summed E-state index contributed by atoms with van der Waals surface area (Å²) >= 11 is 0. The molecule has 1 aliphatic heterocycles. The van der Waals surface area contributed by atoms with Crippen molar-refractivity contribution in [1.29, 1.82) is 0 Å². The number of sulfonamides is 1. The lowest BCUT2D eigenvalue weighted by Crippen LogP contribution is -2.32. The van der Waals surface area contributed by atoms with Crippen LogP contribution in [-0.4, -0.2) is 27.4 Å². The molecule has 1 N–H and O–H groups in total. The van der Waals surface area contributed by atoms with E-state index >= 15 is 0 Å². The maximum absolute atomic E-state index is 12.1. The SMILES string of the molecule is CCCS(=O)(=O)N[C@H](CC1CCOCC1)c1ccccc1. The Morgan fingerprint density at radius 1 is 1.24 bits per heavy atom. The largest absolute Gasteiger partial charge is 0.381 e. The molecular weight excluding hydrogens is 286 g/mol. The van der Waals surface area contributed by atoms with Crippen molar-refractivity contribution in [3.8, 4) is 0 Å². The maximum Gasteiger partial charge on any atom is 0.212 e. The van der Waals surface area contributed by atoms with Gasteiger partial charge >= 0.3 is 0 Å². The summed E-state index contributed by atoms with van der Waals surface area (Å²) in [5, 5.41) is 0. The van der Waals surface area contributed by atoms with E-state index in [4.69, 9.17) is 4.74 Å². The predicted octanol–water partition coefficient (Wildman–Crippen LogP) is 2.87. The molecule has 1 atom stereocenters. The van der Waals surface area contributed by atoms with Crippen molar-refractivity contribution in [2.24, 2.45) is 5.92 Å². The highest BCUT2D eigenvalue weighted by molar-refractivity contribution is 7.89. The van der Waals surface area contributed by atoms with E-state index in [0.717, 1.165) is 38.0 Å². The molecule has 21 heavy (non-hydrogen) atoms. The Balaban J connectivity index is 2.10. The lowest BCUT2D eigenvalue weighted by Gasteiger charge is -2.27. The number of rotatable bonds is 7. The van der Waals surface area contributed by atoms with E-state index in [0.29, 0.717) is 12.3 Å². The van der Waals surface area contributed by atoms with Crippen molar-refractivity contribution in [2.75, 3.05) is 19.0 Å². The standard InChI is InChI=1S/C16H25NO3S/c1-2-12-21(18,19)17-16(15-6-4-3-5-7-15)13-14-8-10-20-11-9-14/h3-7,14,16-17H,2,8-13H2,1H3/t16-/m1/s1. The average Bonchev–Trinajstić information content (AvgIpc) is 2.48. The van der Waals surface area contributed by atoms with Crippen LogP contribution in [0.5, 0.6) is 0 Å². The molecule has 118 valence electrons. The van der Waals surface area contributed by atoms with Gasteiger partial charge in [0.15, 0.2) is 0 Å². The van der Waals surface area contributed by atoms with E-state index in [1.807, 2.05) is 37.3 Å². The van der Waals surface area contributed by atoms with E-state index in [9.17, 15) is 8.42 Å².